The van der Waals surface area contributed by atoms with Gasteiger partial charge in [0.2, 0.25) is 11.8 Å². The van der Waals surface area contributed by atoms with Crippen LogP contribution in [0.15, 0.2) is 30.3 Å². The summed E-state index contributed by atoms with van der Waals surface area (Å²) >= 11 is 7.70. The Hall–Kier alpha value is -1.38. The fraction of sp³-hybridized carbons (Fsp3) is 0.0769. The van der Waals surface area contributed by atoms with Crippen molar-refractivity contribution < 1.29 is 14.6 Å². The van der Waals surface area contributed by atoms with E-state index in [1.807, 2.05) is 22.6 Å². The minimum Gasteiger partial charge on any atom is -0.439 e. The van der Waals surface area contributed by atoms with Crippen molar-refractivity contribution in [2.24, 2.45) is 5.73 Å². The highest BCUT2D eigenvalue weighted by atomic mass is 127. The van der Waals surface area contributed by atoms with Crippen LogP contribution in [0.2, 0.25) is 5.02 Å². The summed E-state index contributed by atoms with van der Waals surface area (Å²) in [5, 5.41) is 9.84. The zero-order valence-electron chi connectivity index (χ0n) is 10.1. The molecule has 2 aromatic rings. The van der Waals surface area contributed by atoms with Crippen molar-refractivity contribution in [3.05, 3.63) is 50.2 Å². The normalized spacial score (nSPS) is 10.3. The Morgan fingerprint density at radius 1 is 1.40 bits per heavy atom. The summed E-state index contributed by atoms with van der Waals surface area (Å²) in [4.78, 5) is 15.5. The Bertz CT molecular complexity index is 647. The van der Waals surface area contributed by atoms with Gasteiger partial charge < -0.3 is 15.6 Å². The third-order valence-corrected chi connectivity index (χ3v) is 3.91. The van der Waals surface area contributed by atoms with Gasteiger partial charge in [0, 0.05) is 14.7 Å². The van der Waals surface area contributed by atoms with Crippen LogP contribution in [0, 0.1) is 3.57 Å². The average molecular weight is 405 g/mol. The maximum absolute atomic E-state index is 11.4. The van der Waals surface area contributed by atoms with E-state index in [9.17, 15) is 9.90 Å². The number of pyridine rings is 1. The molecule has 0 fully saturated rings. The number of nitrogens with two attached hydrogens (primary N) is 1. The molecule has 1 aromatic heterocycles. The van der Waals surface area contributed by atoms with Crippen molar-refractivity contribution in [2.75, 3.05) is 0 Å². The molecule has 1 amide bonds. The number of aromatic nitrogens is 1. The molecule has 0 unspecified atom stereocenters. The molecule has 0 aliphatic heterocycles. The number of carbonyl (C=O) groups is 1. The Balaban J connectivity index is 2.39. The molecule has 20 heavy (non-hydrogen) atoms. The van der Waals surface area contributed by atoms with E-state index in [2.05, 4.69) is 4.98 Å². The van der Waals surface area contributed by atoms with Crippen LogP contribution in [0.1, 0.15) is 16.1 Å². The summed E-state index contributed by atoms with van der Waals surface area (Å²) in [5.41, 5.74) is 5.89. The van der Waals surface area contributed by atoms with Crippen LogP contribution in [0.25, 0.3) is 0 Å². The van der Waals surface area contributed by atoms with E-state index in [1.165, 1.54) is 6.07 Å². The molecule has 1 heterocycles. The summed E-state index contributed by atoms with van der Waals surface area (Å²) < 4.78 is 6.04. The first-order chi connectivity index (χ1) is 9.51. The van der Waals surface area contributed by atoms with Gasteiger partial charge >= 0.3 is 0 Å². The number of benzene rings is 1. The van der Waals surface area contributed by atoms with Gasteiger partial charge in [0.25, 0.3) is 0 Å². The van der Waals surface area contributed by atoms with Crippen LogP contribution in [0.3, 0.4) is 0 Å². The Morgan fingerprint density at radius 3 is 2.60 bits per heavy atom. The van der Waals surface area contributed by atoms with Gasteiger partial charge in [-0.05, 0) is 46.9 Å². The van der Waals surface area contributed by atoms with E-state index >= 15 is 0 Å². The Labute approximate surface area is 133 Å². The molecule has 0 saturated heterocycles. The van der Waals surface area contributed by atoms with Gasteiger partial charge in [-0.25, -0.2) is 4.98 Å². The van der Waals surface area contributed by atoms with Gasteiger partial charge in [-0.15, -0.1) is 0 Å². The summed E-state index contributed by atoms with van der Waals surface area (Å²) in [5.74, 6) is 0.0977. The number of hydrogen-bond donors (Lipinski definition) is 2. The number of rotatable bonds is 4. The predicted octanol–water partition coefficient (Wildman–Crippen LogP) is 2.72. The van der Waals surface area contributed by atoms with Crippen LogP contribution >= 0.6 is 34.2 Å². The zero-order chi connectivity index (χ0) is 14.7. The number of primary amides is 1. The molecule has 0 aliphatic carbocycles. The third-order valence-electron chi connectivity index (χ3n) is 2.45. The average Bonchev–Trinajstić information content (AvgIpc) is 2.42. The number of halogens is 2. The lowest BCUT2D eigenvalue weighted by Gasteiger charge is -2.10. The van der Waals surface area contributed by atoms with Gasteiger partial charge in [0.1, 0.15) is 5.75 Å². The number of aliphatic hydroxyl groups is 1. The van der Waals surface area contributed by atoms with E-state index in [4.69, 9.17) is 22.1 Å². The number of ether oxygens (including phenoxy) is 1. The second-order valence-corrected chi connectivity index (χ2v) is 5.36. The highest BCUT2D eigenvalue weighted by Gasteiger charge is 2.15. The molecule has 0 atom stereocenters. The topological polar surface area (TPSA) is 85.4 Å². The molecular weight excluding hydrogens is 395 g/mol. The maximum atomic E-state index is 11.4. The zero-order valence-corrected chi connectivity index (χ0v) is 13.1. The van der Waals surface area contributed by atoms with E-state index < -0.39 is 5.91 Å². The van der Waals surface area contributed by atoms with Gasteiger partial charge in [-0.2, -0.15) is 0 Å². The fourth-order valence-corrected chi connectivity index (χ4v) is 2.36. The van der Waals surface area contributed by atoms with E-state index in [0.29, 0.717) is 20.0 Å². The fourth-order valence-electron chi connectivity index (χ4n) is 1.52. The van der Waals surface area contributed by atoms with Crippen molar-refractivity contribution >= 4 is 40.1 Å². The molecule has 0 radical (unpaired) electrons. The number of nitrogens with zero attached hydrogens (tertiary/aromatic N) is 1. The Kier molecular flexibility index (Phi) is 4.79. The second-order valence-electron chi connectivity index (χ2n) is 3.85. The second kappa shape index (κ2) is 6.38. The largest absolute Gasteiger partial charge is 0.439 e. The SMILES string of the molecule is NC(=O)c1cc(Oc2ccc(Cl)cc2)nc(CO)c1I. The number of amides is 1. The summed E-state index contributed by atoms with van der Waals surface area (Å²) in [6.07, 6.45) is 0. The van der Waals surface area contributed by atoms with E-state index in [0.717, 1.165) is 0 Å². The van der Waals surface area contributed by atoms with Gasteiger partial charge in [0.05, 0.1) is 17.9 Å². The van der Waals surface area contributed by atoms with Crippen LogP contribution in [-0.2, 0) is 6.61 Å². The minimum atomic E-state index is -0.604. The lowest BCUT2D eigenvalue weighted by atomic mass is 10.2. The molecule has 7 heteroatoms. The summed E-state index contributed by atoms with van der Waals surface area (Å²) in [6, 6.07) is 8.13. The van der Waals surface area contributed by atoms with Gasteiger partial charge in [-0.1, -0.05) is 11.6 Å². The molecular formula is C13H10ClIN2O3. The number of hydrogen-bond acceptors (Lipinski definition) is 4. The molecule has 1 aromatic carbocycles. The highest BCUT2D eigenvalue weighted by molar-refractivity contribution is 14.1. The third kappa shape index (κ3) is 3.38. The first kappa shape index (κ1) is 15.0. The summed E-state index contributed by atoms with van der Waals surface area (Å²) in [6.45, 7) is -0.309. The first-order valence-corrected chi connectivity index (χ1v) is 7.00. The molecule has 0 saturated carbocycles. The van der Waals surface area contributed by atoms with Crippen molar-refractivity contribution in [3.63, 3.8) is 0 Å². The quantitative estimate of drug-likeness (QED) is 0.767. The smallest absolute Gasteiger partial charge is 0.250 e. The van der Waals surface area contributed by atoms with E-state index in [-0.39, 0.29) is 18.1 Å². The predicted molar refractivity (Wildman–Crippen MR) is 82.9 cm³/mol. The van der Waals surface area contributed by atoms with Crippen molar-refractivity contribution in [1.29, 1.82) is 0 Å². The lowest BCUT2D eigenvalue weighted by Crippen LogP contribution is -2.15. The maximum Gasteiger partial charge on any atom is 0.250 e. The molecule has 104 valence electrons. The standard InChI is InChI=1S/C13H10ClIN2O3/c14-7-1-3-8(4-2-7)20-11-5-9(13(16)19)12(15)10(6-18)17-11/h1-5,18H,6H2,(H2,16,19). The van der Waals surface area contributed by atoms with Crippen molar-refractivity contribution in [3.8, 4) is 11.6 Å². The molecule has 3 N–H and O–H groups in total. The molecule has 0 bridgehead atoms. The monoisotopic (exact) mass is 404 g/mol. The molecule has 2 rings (SSSR count). The number of aliphatic hydroxyl groups excluding tert-OH is 1. The van der Waals surface area contributed by atoms with Crippen LogP contribution < -0.4 is 10.5 Å². The number of carbonyl (C=O) groups excluding carboxylic acids is 1. The first-order valence-electron chi connectivity index (χ1n) is 5.54. The lowest BCUT2D eigenvalue weighted by molar-refractivity contribution is 0.0998. The molecule has 5 nitrogen and oxygen atoms in total. The van der Waals surface area contributed by atoms with Crippen LogP contribution in [0.4, 0.5) is 0 Å². The minimum absolute atomic E-state index is 0.186. The highest BCUT2D eigenvalue weighted by Crippen LogP contribution is 2.26. The summed E-state index contributed by atoms with van der Waals surface area (Å²) in [7, 11) is 0. The van der Waals surface area contributed by atoms with Crippen molar-refractivity contribution in [2.45, 2.75) is 6.61 Å². The van der Waals surface area contributed by atoms with Gasteiger partial charge in [-0.3, -0.25) is 4.79 Å². The molecule has 0 aliphatic rings. The van der Waals surface area contributed by atoms with Crippen molar-refractivity contribution in [1.82, 2.24) is 4.98 Å². The van der Waals surface area contributed by atoms with Crippen LogP contribution in [-0.4, -0.2) is 16.0 Å². The van der Waals surface area contributed by atoms with Gasteiger partial charge in [0.15, 0.2) is 0 Å². The Morgan fingerprint density at radius 2 is 2.05 bits per heavy atom. The van der Waals surface area contributed by atoms with Crippen LogP contribution in [0.5, 0.6) is 11.6 Å². The molecule has 0 spiro atoms. The van der Waals surface area contributed by atoms with E-state index in [1.54, 1.807) is 24.3 Å².